The predicted octanol–water partition coefficient (Wildman–Crippen LogP) is 1.37. The molecule has 3 aromatic rings. The van der Waals surface area contributed by atoms with Crippen LogP contribution < -0.4 is 5.69 Å². The topological polar surface area (TPSA) is 88.9 Å². The lowest BCUT2D eigenvalue weighted by Crippen LogP contribution is -2.21. The second-order valence-corrected chi connectivity index (χ2v) is 5.52. The highest BCUT2D eigenvalue weighted by atomic mass is 19.1. The van der Waals surface area contributed by atoms with E-state index in [0.29, 0.717) is 5.56 Å². The fraction of sp³-hybridized carbons (Fsp3) is 0.250. The average molecular weight is 349 g/mol. The van der Waals surface area contributed by atoms with Crippen LogP contribution in [0.3, 0.4) is 0 Å². The fourth-order valence-electron chi connectivity index (χ4n) is 2.87. The van der Waals surface area contributed by atoms with E-state index < -0.39 is 29.7 Å². The molecule has 1 aliphatic heterocycles. The second kappa shape index (κ2) is 6.03. The van der Waals surface area contributed by atoms with E-state index in [1.807, 2.05) is 0 Å². The van der Waals surface area contributed by atoms with Crippen LogP contribution >= 0.6 is 0 Å². The normalized spacial score (nSPS) is 20.4. The fourth-order valence-corrected chi connectivity index (χ4v) is 2.87. The van der Waals surface area contributed by atoms with E-state index in [1.54, 1.807) is 0 Å². The highest BCUT2D eigenvalue weighted by molar-refractivity contribution is 5.67. The largest absolute Gasteiger partial charge is 0.391 e. The quantitative estimate of drug-likeness (QED) is 0.746. The lowest BCUT2D eigenvalue weighted by molar-refractivity contribution is -0.0887. The van der Waals surface area contributed by atoms with Crippen LogP contribution in [-0.2, 0) is 9.47 Å². The number of aliphatic hydroxyl groups excluding tert-OH is 1. The number of imidazole rings is 1. The Balaban J connectivity index is 1.97. The zero-order valence-electron chi connectivity index (χ0n) is 12.8. The molecule has 4 rings (SSSR count). The maximum atomic E-state index is 14.1. The van der Waals surface area contributed by atoms with Crippen molar-refractivity contribution < 1.29 is 23.4 Å². The molecule has 0 radical (unpaired) electrons. The van der Waals surface area contributed by atoms with Crippen molar-refractivity contribution in [1.82, 2.24) is 14.4 Å². The number of nitrogens with zero attached hydrogens (tertiary/aromatic N) is 2. The standard InChI is InChI=1S/C16H13F2N3O4/c17-9-3-1-8(2-4-9)13-14(11-7-24-12(6-22)25-11)21-15(20-13)10(18)5-19-16(21)23/h1-5,11-12,22H,6-7H2,(H,19,23)/t11-,12+/m0/s1. The Kier molecular flexibility index (Phi) is 3.83. The Morgan fingerprint density at radius 3 is 2.76 bits per heavy atom. The molecular weight excluding hydrogens is 336 g/mol. The lowest BCUT2D eigenvalue weighted by atomic mass is 10.1. The van der Waals surface area contributed by atoms with Crippen molar-refractivity contribution in [2.75, 3.05) is 13.2 Å². The summed E-state index contributed by atoms with van der Waals surface area (Å²) in [6.45, 7) is -0.299. The number of rotatable bonds is 3. The smallest absolute Gasteiger partial charge is 0.331 e. The molecular formula is C16H13F2N3O4. The molecule has 0 amide bonds. The van der Waals surface area contributed by atoms with Crippen molar-refractivity contribution in [3.63, 3.8) is 0 Å². The van der Waals surface area contributed by atoms with E-state index in [2.05, 4.69) is 9.97 Å². The maximum Gasteiger partial charge on any atom is 0.331 e. The molecule has 7 nitrogen and oxygen atoms in total. The zero-order chi connectivity index (χ0) is 17.6. The van der Waals surface area contributed by atoms with E-state index in [-0.39, 0.29) is 30.2 Å². The Labute approximate surface area is 139 Å². The van der Waals surface area contributed by atoms with Crippen molar-refractivity contribution >= 4 is 5.65 Å². The number of benzene rings is 1. The number of aromatic nitrogens is 3. The van der Waals surface area contributed by atoms with Gasteiger partial charge >= 0.3 is 5.69 Å². The molecule has 0 unspecified atom stereocenters. The second-order valence-electron chi connectivity index (χ2n) is 5.52. The Morgan fingerprint density at radius 1 is 1.32 bits per heavy atom. The summed E-state index contributed by atoms with van der Waals surface area (Å²) in [6.07, 6.45) is -0.662. The van der Waals surface area contributed by atoms with Gasteiger partial charge in [-0.3, -0.25) is 0 Å². The van der Waals surface area contributed by atoms with Gasteiger partial charge in [-0.1, -0.05) is 0 Å². The number of fused-ring (bicyclic) bond motifs is 1. The van der Waals surface area contributed by atoms with Crippen LogP contribution in [0, 0.1) is 11.6 Å². The Bertz CT molecular complexity index is 983. The van der Waals surface area contributed by atoms with Gasteiger partial charge in [-0.25, -0.2) is 23.0 Å². The monoisotopic (exact) mass is 349 g/mol. The Morgan fingerprint density at radius 2 is 2.08 bits per heavy atom. The molecule has 0 bridgehead atoms. The molecule has 130 valence electrons. The molecule has 25 heavy (non-hydrogen) atoms. The van der Waals surface area contributed by atoms with Crippen molar-refractivity contribution in [3.05, 3.63) is 58.3 Å². The molecule has 1 saturated heterocycles. The summed E-state index contributed by atoms with van der Waals surface area (Å²) in [7, 11) is 0. The van der Waals surface area contributed by atoms with E-state index >= 15 is 0 Å². The molecule has 1 fully saturated rings. The number of hydrogen-bond acceptors (Lipinski definition) is 5. The van der Waals surface area contributed by atoms with Gasteiger partial charge in [0.25, 0.3) is 0 Å². The minimum Gasteiger partial charge on any atom is -0.391 e. The third kappa shape index (κ3) is 2.62. The van der Waals surface area contributed by atoms with Gasteiger partial charge in [-0.05, 0) is 24.3 Å². The van der Waals surface area contributed by atoms with Crippen molar-refractivity contribution in [2.45, 2.75) is 12.4 Å². The minimum atomic E-state index is -0.843. The summed E-state index contributed by atoms with van der Waals surface area (Å²) in [5.41, 5.74) is 0.286. The summed E-state index contributed by atoms with van der Waals surface area (Å²) >= 11 is 0. The number of aromatic amines is 1. The number of halogens is 2. The SMILES string of the molecule is O=c1[nH]cc(F)c2nc(-c3ccc(F)cc3)c([C@@H]3CO[C@@H](CO)O3)n12. The van der Waals surface area contributed by atoms with Crippen LogP contribution in [0.15, 0.2) is 35.3 Å². The lowest BCUT2D eigenvalue weighted by Gasteiger charge is -2.11. The minimum absolute atomic E-state index is 0.0587. The highest BCUT2D eigenvalue weighted by Gasteiger charge is 2.33. The summed E-state index contributed by atoms with van der Waals surface area (Å²) in [5, 5.41) is 9.17. The Hall–Kier alpha value is -2.62. The van der Waals surface area contributed by atoms with Gasteiger partial charge in [0.15, 0.2) is 17.8 Å². The van der Waals surface area contributed by atoms with Gasteiger partial charge in [0.2, 0.25) is 0 Å². The van der Waals surface area contributed by atoms with Gasteiger partial charge < -0.3 is 19.6 Å². The number of H-pyrrole nitrogens is 1. The first kappa shape index (κ1) is 15.9. The summed E-state index contributed by atoms with van der Waals surface area (Å²) in [5.74, 6) is -1.15. The average Bonchev–Trinajstić information content (AvgIpc) is 3.23. The van der Waals surface area contributed by atoms with Crippen molar-refractivity contribution in [1.29, 1.82) is 0 Å². The van der Waals surface area contributed by atoms with Gasteiger partial charge in [0, 0.05) is 11.8 Å². The molecule has 1 aromatic carbocycles. The van der Waals surface area contributed by atoms with Crippen molar-refractivity contribution in [3.8, 4) is 11.3 Å². The maximum absolute atomic E-state index is 14.1. The zero-order valence-corrected chi connectivity index (χ0v) is 12.8. The van der Waals surface area contributed by atoms with Gasteiger partial charge in [-0.2, -0.15) is 0 Å². The third-order valence-corrected chi connectivity index (χ3v) is 3.97. The number of ether oxygens (including phenoxy) is 2. The number of aliphatic hydroxyl groups is 1. The van der Waals surface area contributed by atoms with Crippen LogP contribution in [0.1, 0.15) is 11.8 Å². The van der Waals surface area contributed by atoms with Crippen LogP contribution in [0.4, 0.5) is 8.78 Å². The van der Waals surface area contributed by atoms with Crippen LogP contribution in [-0.4, -0.2) is 39.0 Å². The first-order chi connectivity index (χ1) is 12.1. The van der Waals surface area contributed by atoms with Gasteiger partial charge in [0.05, 0.1) is 24.6 Å². The molecule has 1 aliphatic rings. The van der Waals surface area contributed by atoms with Crippen LogP contribution in [0.5, 0.6) is 0 Å². The number of hydrogen-bond donors (Lipinski definition) is 2. The number of nitrogens with one attached hydrogen (secondary N) is 1. The highest BCUT2D eigenvalue weighted by Crippen LogP contribution is 2.34. The molecule has 0 aliphatic carbocycles. The summed E-state index contributed by atoms with van der Waals surface area (Å²) in [6, 6.07) is 5.44. The predicted molar refractivity (Wildman–Crippen MR) is 81.8 cm³/mol. The van der Waals surface area contributed by atoms with E-state index in [4.69, 9.17) is 14.6 Å². The van der Waals surface area contributed by atoms with Crippen LogP contribution in [0.2, 0.25) is 0 Å². The van der Waals surface area contributed by atoms with E-state index in [9.17, 15) is 13.6 Å². The molecule has 2 aromatic heterocycles. The van der Waals surface area contributed by atoms with Crippen molar-refractivity contribution in [2.24, 2.45) is 0 Å². The first-order valence-electron chi connectivity index (χ1n) is 7.52. The molecule has 2 N–H and O–H groups in total. The molecule has 0 saturated carbocycles. The van der Waals surface area contributed by atoms with Gasteiger partial charge in [-0.15, -0.1) is 0 Å². The molecule has 0 spiro atoms. The summed E-state index contributed by atoms with van der Waals surface area (Å²) in [4.78, 5) is 18.8. The third-order valence-electron chi connectivity index (χ3n) is 3.97. The van der Waals surface area contributed by atoms with E-state index in [1.165, 1.54) is 24.3 Å². The van der Waals surface area contributed by atoms with E-state index in [0.717, 1.165) is 10.6 Å². The van der Waals surface area contributed by atoms with Crippen LogP contribution in [0.25, 0.3) is 16.9 Å². The summed E-state index contributed by atoms with van der Waals surface area (Å²) < 4.78 is 39.3. The molecule has 3 heterocycles. The molecule has 9 heteroatoms. The first-order valence-corrected chi connectivity index (χ1v) is 7.52. The molecule has 2 atom stereocenters. The van der Waals surface area contributed by atoms with Gasteiger partial charge in [0.1, 0.15) is 11.9 Å².